The lowest BCUT2D eigenvalue weighted by atomic mass is 10.2. The normalized spacial score (nSPS) is 11.8. The molecule has 1 amide bonds. The Morgan fingerprint density at radius 1 is 1.17 bits per heavy atom. The zero-order chi connectivity index (χ0) is 16.8. The highest BCUT2D eigenvalue weighted by molar-refractivity contribution is 7.85. The topological polar surface area (TPSA) is 55.4 Å². The molecule has 2 aromatic rings. The quantitative estimate of drug-likeness (QED) is 0.879. The highest BCUT2D eigenvalue weighted by atomic mass is 32.2. The van der Waals surface area contributed by atoms with E-state index >= 15 is 0 Å². The first kappa shape index (κ1) is 17.1. The highest BCUT2D eigenvalue weighted by Gasteiger charge is 2.11. The number of methoxy groups -OCH3 is 1. The Morgan fingerprint density at radius 2 is 1.87 bits per heavy atom. The summed E-state index contributed by atoms with van der Waals surface area (Å²) < 4.78 is 43.2. The zero-order valence-electron chi connectivity index (χ0n) is 12.3. The summed E-state index contributed by atoms with van der Waals surface area (Å²) in [5, 5.41) is 2.49. The van der Waals surface area contributed by atoms with Crippen LogP contribution in [-0.4, -0.2) is 23.0 Å². The average molecular weight is 339 g/mol. The van der Waals surface area contributed by atoms with Gasteiger partial charge in [-0.05, 0) is 35.9 Å². The smallest absolute Gasteiger partial charge is 0.233 e. The van der Waals surface area contributed by atoms with Gasteiger partial charge in [-0.1, -0.05) is 6.07 Å². The van der Waals surface area contributed by atoms with E-state index in [4.69, 9.17) is 4.74 Å². The van der Waals surface area contributed by atoms with E-state index in [-0.39, 0.29) is 12.3 Å². The molecule has 0 fully saturated rings. The Morgan fingerprint density at radius 3 is 2.52 bits per heavy atom. The van der Waals surface area contributed by atoms with Gasteiger partial charge in [-0.15, -0.1) is 0 Å². The van der Waals surface area contributed by atoms with Gasteiger partial charge in [0.25, 0.3) is 0 Å². The summed E-state index contributed by atoms with van der Waals surface area (Å²) in [6.45, 7) is -0.0389. The van der Waals surface area contributed by atoms with Crippen LogP contribution in [0.15, 0.2) is 47.4 Å². The van der Waals surface area contributed by atoms with Gasteiger partial charge in [0.2, 0.25) is 5.91 Å². The van der Waals surface area contributed by atoms with Crippen LogP contribution in [0.1, 0.15) is 5.56 Å². The number of hydrogen-bond acceptors (Lipinski definition) is 3. The molecule has 0 aromatic heterocycles. The number of benzene rings is 2. The summed E-state index contributed by atoms with van der Waals surface area (Å²) in [6.07, 6.45) is 0. The Kier molecular flexibility index (Phi) is 5.81. The van der Waals surface area contributed by atoms with E-state index < -0.39 is 28.3 Å². The lowest BCUT2D eigenvalue weighted by Gasteiger charge is -2.07. The van der Waals surface area contributed by atoms with E-state index in [2.05, 4.69) is 5.32 Å². The number of halogens is 2. The lowest BCUT2D eigenvalue weighted by Crippen LogP contribution is -2.28. The SMILES string of the molecule is COc1cccc([S@](=O)CC(=O)NCc2cc(F)cc(F)c2)c1. The Labute approximate surface area is 134 Å². The van der Waals surface area contributed by atoms with Crippen LogP contribution in [0.25, 0.3) is 0 Å². The van der Waals surface area contributed by atoms with Gasteiger partial charge < -0.3 is 10.1 Å². The van der Waals surface area contributed by atoms with Crippen molar-refractivity contribution in [3.05, 3.63) is 59.7 Å². The minimum absolute atomic E-state index is 0.0389. The fourth-order valence-corrected chi connectivity index (χ4v) is 2.89. The molecule has 2 rings (SSSR count). The van der Waals surface area contributed by atoms with Gasteiger partial charge in [0.1, 0.15) is 23.1 Å². The first-order valence-corrected chi connectivity index (χ1v) is 8.04. The predicted molar refractivity (Wildman–Crippen MR) is 82.5 cm³/mol. The molecule has 4 nitrogen and oxygen atoms in total. The molecule has 0 saturated heterocycles. The van der Waals surface area contributed by atoms with E-state index in [1.165, 1.54) is 7.11 Å². The number of hydrogen-bond donors (Lipinski definition) is 1. The molecule has 0 unspecified atom stereocenters. The van der Waals surface area contributed by atoms with Crippen LogP contribution in [-0.2, 0) is 22.1 Å². The summed E-state index contributed by atoms with van der Waals surface area (Å²) in [7, 11) is -0.0393. The molecule has 2 aromatic carbocycles. The molecule has 1 atom stereocenters. The number of carbonyl (C=O) groups is 1. The van der Waals surface area contributed by atoms with Gasteiger partial charge in [0.05, 0.1) is 17.9 Å². The minimum atomic E-state index is -1.53. The first-order valence-electron chi connectivity index (χ1n) is 6.72. The fourth-order valence-electron chi connectivity index (χ4n) is 1.91. The number of carbonyl (C=O) groups excluding carboxylic acids is 1. The van der Waals surface area contributed by atoms with E-state index in [1.54, 1.807) is 24.3 Å². The monoisotopic (exact) mass is 339 g/mol. The predicted octanol–water partition coefficient (Wildman–Crippen LogP) is 2.40. The number of ether oxygens (including phenoxy) is 1. The van der Waals surface area contributed by atoms with Crippen LogP contribution in [0.2, 0.25) is 0 Å². The summed E-state index contributed by atoms with van der Waals surface area (Å²) >= 11 is 0. The average Bonchev–Trinajstić information content (AvgIpc) is 2.52. The second kappa shape index (κ2) is 7.82. The van der Waals surface area contributed by atoms with Gasteiger partial charge >= 0.3 is 0 Å². The van der Waals surface area contributed by atoms with Crippen molar-refractivity contribution in [1.82, 2.24) is 5.32 Å². The van der Waals surface area contributed by atoms with E-state index in [0.717, 1.165) is 18.2 Å². The van der Waals surface area contributed by atoms with Crippen molar-refractivity contribution in [2.75, 3.05) is 12.9 Å². The van der Waals surface area contributed by atoms with Crippen LogP contribution in [0.5, 0.6) is 5.75 Å². The highest BCUT2D eigenvalue weighted by Crippen LogP contribution is 2.15. The Bertz CT molecular complexity index is 717. The molecule has 1 N–H and O–H groups in total. The maximum atomic E-state index is 13.0. The number of amides is 1. The maximum Gasteiger partial charge on any atom is 0.233 e. The van der Waals surface area contributed by atoms with Gasteiger partial charge in [-0.25, -0.2) is 8.78 Å². The standard InChI is InChI=1S/C16H15F2NO3S/c1-22-14-3-2-4-15(8-14)23(21)10-16(20)19-9-11-5-12(17)7-13(18)6-11/h2-8H,9-10H2,1H3,(H,19,20)/t23-/m1/s1. The van der Waals surface area contributed by atoms with Crippen LogP contribution >= 0.6 is 0 Å². The summed E-state index contributed by atoms with van der Waals surface area (Å²) in [5.74, 6) is -1.60. The van der Waals surface area contributed by atoms with Crippen LogP contribution in [0.4, 0.5) is 8.78 Å². The largest absolute Gasteiger partial charge is 0.497 e. The minimum Gasteiger partial charge on any atom is -0.497 e. The van der Waals surface area contributed by atoms with Crippen molar-refractivity contribution in [2.24, 2.45) is 0 Å². The van der Waals surface area contributed by atoms with Crippen molar-refractivity contribution in [3.8, 4) is 5.75 Å². The Hall–Kier alpha value is -2.28. The van der Waals surface area contributed by atoms with E-state index in [9.17, 15) is 17.8 Å². The second-order valence-electron chi connectivity index (χ2n) is 4.72. The molecular weight excluding hydrogens is 324 g/mol. The van der Waals surface area contributed by atoms with Crippen LogP contribution < -0.4 is 10.1 Å². The maximum absolute atomic E-state index is 13.0. The molecule has 0 saturated carbocycles. The molecule has 0 bridgehead atoms. The Balaban J connectivity index is 1.92. The van der Waals surface area contributed by atoms with Crippen LogP contribution in [0, 0.1) is 11.6 Å². The molecule has 0 aliphatic rings. The third-order valence-electron chi connectivity index (χ3n) is 2.98. The second-order valence-corrected chi connectivity index (χ2v) is 6.17. The molecule has 23 heavy (non-hydrogen) atoms. The molecule has 0 aliphatic carbocycles. The van der Waals surface area contributed by atoms with Crippen LogP contribution in [0.3, 0.4) is 0 Å². The van der Waals surface area contributed by atoms with Gasteiger partial charge in [-0.3, -0.25) is 9.00 Å². The summed E-state index contributed by atoms with van der Waals surface area (Å²) in [4.78, 5) is 12.3. The van der Waals surface area contributed by atoms with Gasteiger partial charge in [0.15, 0.2) is 0 Å². The van der Waals surface area contributed by atoms with Crippen molar-refractivity contribution in [3.63, 3.8) is 0 Å². The molecule has 122 valence electrons. The molecule has 7 heteroatoms. The van der Waals surface area contributed by atoms with Gasteiger partial charge in [-0.2, -0.15) is 0 Å². The molecule has 0 heterocycles. The first-order chi connectivity index (χ1) is 11.0. The third-order valence-corrected chi connectivity index (χ3v) is 4.28. The number of rotatable bonds is 6. The number of nitrogens with one attached hydrogen (secondary N) is 1. The van der Waals surface area contributed by atoms with Crippen molar-refractivity contribution < 1.29 is 22.5 Å². The zero-order valence-corrected chi connectivity index (χ0v) is 13.2. The lowest BCUT2D eigenvalue weighted by molar-refractivity contribution is -0.118. The molecule has 0 spiro atoms. The molecule has 0 aliphatic heterocycles. The van der Waals surface area contributed by atoms with Crippen molar-refractivity contribution in [2.45, 2.75) is 11.4 Å². The van der Waals surface area contributed by atoms with Crippen molar-refractivity contribution in [1.29, 1.82) is 0 Å². The molecule has 0 radical (unpaired) electrons. The van der Waals surface area contributed by atoms with E-state index in [0.29, 0.717) is 16.2 Å². The summed E-state index contributed by atoms with van der Waals surface area (Å²) in [6, 6.07) is 9.62. The van der Waals surface area contributed by atoms with Gasteiger partial charge in [0, 0.05) is 17.5 Å². The van der Waals surface area contributed by atoms with E-state index in [1.807, 2.05) is 0 Å². The molecular formula is C16H15F2NO3S. The fraction of sp³-hybridized carbons (Fsp3) is 0.188. The summed E-state index contributed by atoms with van der Waals surface area (Å²) in [5.41, 5.74) is 0.294. The third kappa shape index (κ3) is 5.14. The van der Waals surface area contributed by atoms with Crippen molar-refractivity contribution >= 4 is 16.7 Å².